The summed E-state index contributed by atoms with van der Waals surface area (Å²) in [5.41, 5.74) is -2.11. The van der Waals surface area contributed by atoms with Crippen molar-refractivity contribution in [1.29, 1.82) is 0 Å². The number of hydrogen-bond acceptors (Lipinski definition) is 5. The van der Waals surface area contributed by atoms with Gasteiger partial charge in [0, 0.05) is 11.8 Å². The van der Waals surface area contributed by atoms with Crippen LogP contribution in [0, 0.1) is 11.6 Å². The topological polar surface area (TPSA) is 105 Å². The maximum Gasteiger partial charge on any atom is 0.416 e. The van der Waals surface area contributed by atoms with Gasteiger partial charge in [-0.05, 0) is 42.3 Å². The molecular formula is C23H17F5N4O3S. The molecule has 2 N–H and O–H groups in total. The highest BCUT2D eigenvalue weighted by atomic mass is 32.2. The molecule has 0 atom stereocenters. The number of fused-ring (bicyclic) bond motifs is 1. The lowest BCUT2D eigenvalue weighted by molar-refractivity contribution is -0.137. The summed E-state index contributed by atoms with van der Waals surface area (Å²) in [5, 5.41) is 6.34. The summed E-state index contributed by atoms with van der Waals surface area (Å²) in [6.45, 7) is 1.60. The number of carbonyl (C=O) groups is 1. The number of anilines is 1. The Balaban J connectivity index is 1.75. The minimum atomic E-state index is -4.52. The van der Waals surface area contributed by atoms with Crippen molar-refractivity contribution in [2.45, 2.75) is 19.5 Å². The number of halogens is 5. The number of hydrogen-bond donors (Lipinski definition) is 2. The number of carbonyl (C=O) groups excluding carboxylic acids is 1. The average Bonchev–Trinajstić information content (AvgIpc) is 3.24. The van der Waals surface area contributed by atoms with Gasteiger partial charge in [-0.2, -0.15) is 18.3 Å². The molecule has 13 heteroatoms. The van der Waals surface area contributed by atoms with Crippen molar-refractivity contribution in [3.05, 3.63) is 77.1 Å². The third-order valence-corrected chi connectivity index (χ3v) is 6.71. The molecule has 0 aliphatic rings. The van der Waals surface area contributed by atoms with Crippen LogP contribution in [-0.2, 0) is 16.2 Å². The highest BCUT2D eigenvalue weighted by molar-refractivity contribution is 7.92. The third-order valence-electron chi connectivity index (χ3n) is 5.23. The Hall–Kier alpha value is -3.87. The lowest BCUT2D eigenvalue weighted by Gasteiger charge is -2.11. The first kappa shape index (κ1) is 25.2. The number of aromatic amines is 1. The Kier molecular flexibility index (Phi) is 6.52. The van der Waals surface area contributed by atoms with Gasteiger partial charge < -0.3 is 0 Å². The van der Waals surface area contributed by atoms with E-state index in [-0.39, 0.29) is 23.2 Å². The fraction of sp³-hybridized carbons (Fsp3) is 0.174. The van der Waals surface area contributed by atoms with Crippen LogP contribution < -0.4 is 4.72 Å². The number of nitrogens with zero attached hydrogens (tertiary/aromatic N) is 2. The van der Waals surface area contributed by atoms with Crippen molar-refractivity contribution in [2.24, 2.45) is 0 Å². The van der Waals surface area contributed by atoms with Gasteiger partial charge in [0.1, 0.15) is 11.5 Å². The summed E-state index contributed by atoms with van der Waals surface area (Å²) in [7, 11) is -3.93. The molecule has 0 fully saturated rings. The number of nitrogens with one attached hydrogen (secondary N) is 2. The van der Waals surface area contributed by atoms with Gasteiger partial charge >= 0.3 is 6.18 Å². The quantitative estimate of drug-likeness (QED) is 0.252. The number of benzene rings is 2. The van der Waals surface area contributed by atoms with Crippen molar-refractivity contribution in [3.63, 3.8) is 0 Å². The molecule has 188 valence electrons. The van der Waals surface area contributed by atoms with E-state index >= 15 is 4.39 Å². The molecule has 4 rings (SSSR count). The number of aromatic nitrogens is 3. The summed E-state index contributed by atoms with van der Waals surface area (Å²) in [5.74, 6) is -4.14. The van der Waals surface area contributed by atoms with E-state index in [1.807, 2.05) is 4.72 Å². The van der Waals surface area contributed by atoms with E-state index in [4.69, 9.17) is 0 Å². The Morgan fingerprint density at radius 2 is 1.75 bits per heavy atom. The van der Waals surface area contributed by atoms with Gasteiger partial charge in [0.15, 0.2) is 11.5 Å². The molecule has 0 radical (unpaired) electrons. The van der Waals surface area contributed by atoms with Crippen LogP contribution >= 0.6 is 0 Å². The third kappa shape index (κ3) is 4.91. The van der Waals surface area contributed by atoms with E-state index in [9.17, 15) is 30.8 Å². The van der Waals surface area contributed by atoms with Crippen LogP contribution in [0.2, 0.25) is 0 Å². The normalized spacial score (nSPS) is 12.2. The van der Waals surface area contributed by atoms with Crippen LogP contribution in [0.4, 0.5) is 27.6 Å². The van der Waals surface area contributed by atoms with Gasteiger partial charge in [-0.3, -0.25) is 14.6 Å². The molecule has 4 aromatic rings. The smallest absolute Gasteiger partial charge is 0.287 e. The summed E-state index contributed by atoms with van der Waals surface area (Å²) in [6.07, 6.45) is -2.93. The first-order valence-electron chi connectivity index (χ1n) is 10.5. The number of rotatable bonds is 7. The highest BCUT2D eigenvalue weighted by Crippen LogP contribution is 2.32. The molecule has 0 saturated carbocycles. The molecule has 0 bridgehead atoms. The molecule has 2 aromatic heterocycles. The summed E-state index contributed by atoms with van der Waals surface area (Å²) in [6, 6.07) is 7.22. The number of sulfonamides is 1. The van der Waals surface area contributed by atoms with E-state index in [1.165, 1.54) is 24.4 Å². The molecule has 0 unspecified atom stereocenters. The second-order valence-corrected chi connectivity index (χ2v) is 9.64. The second-order valence-electron chi connectivity index (χ2n) is 7.80. The maximum atomic E-state index is 15.1. The molecule has 0 spiro atoms. The molecule has 36 heavy (non-hydrogen) atoms. The molecule has 2 heterocycles. The van der Waals surface area contributed by atoms with Crippen molar-refractivity contribution in [2.75, 3.05) is 10.5 Å². The van der Waals surface area contributed by atoms with Gasteiger partial charge in [-0.25, -0.2) is 22.2 Å². The minimum absolute atomic E-state index is 0.0631. The first-order chi connectivity index (χ1) is 16.9. The highest BCUT2D eigenvalue weighted by Gasteiger charge is 2.30. The molecule has 0 amide bonds. The Morgan fingerprint density at radius 1 is 1.06 bits per heavy atom. The zero-order valence-corrected chi connectivity index (χ0v) is 19.3. The van der Waals surface area contributed by atoms with Crippen LogP contribution in [0.3, 0.4) is 0 Å². The fourth-order valence-corrected chi connectivity index (χ4v) is 4.66. The van der Waals surface area contributed by atoms with E-state index in [1.54, 1.807) is 6.92 Å². The molecule has 2 aromatic carbocycles. The number of H-pyrrole nitrogens is 1. The number of alkyl halides is 3. The molecule has 0 saturated heterocycles. The van der Waals surface area contributed by atoms with Crippen molar-refractivity contribution in [3.8, 4) is 11.1 Å². The van der Waals surface area contributed by atoms with Crippen LogP contribution in [0.25, 0.3) is 22.2 Å². The zero-order valence-electron chi connectivity index (χ0n) is 18.5. The Bertz CT molecular complexity index is 1570. The first-order valence-corrected chi connectivity index (χ1v) is 12.1. The Morgan fingerprint density at radius 3 is 2.39 bits per heavy atom. The van der Waals surface area contributed by atoms with Crippen LogP contribution in [0.1, 0.15) is 35.0 Å². The maximum absolute atomic E-state index is 15.1. The minimum Gasteiger partial charge on any atom is -0.287 e. The van der Waals surface area contributed by atoms with Crippen LogP contribution in [0.5, 0.6) is 0 Å². The average molecular weight is 524 g/mol. The molecular weight excluding hydrogens is 507 g/mol. The van der Waals surface area contributed by atoms with Crippen molar-refractivity contribution >= 4 is 32.5 Å². The van der Waals surface area contributed by atoms with E-state index in [0.717, 1.165) is 24.3 Å². The zero-order chi connectivity index (χ0) is 26.3. The van der Waals surface area contributed by atoms with Gasteiger partial charge in [0.2, 0.25) is 15.8 Å². The molecule has 0 aliphatic carbocycles. The molecule has 0 aliphatic heterocycles. The predicted octanol–water partition coefficient (Wildman–Crippen LogP) is 5.30. The van der Waals surface area contributed by atoms with Gasteiger partial charge in [-0.1, -0.05) is 19.1 Å². The standard InChI is InChI=1S/C23H17F5N4O3S/c1-2-9-36(34,35)32-17-8-7-16(24)18(19(17)25)21(33)20-15-10-13(11-29-22(15)31-30-20)12-3-5-14(6-4-12)23(26,27)28/h3-8,10-11,32H,2,9H2,1H3,(H,29,30,31). The predicted molar refractivity (Wildman–Crippen MR) is 122 cm³/mol. The monoisotopic (exact) mass is 524 g/mol. The largest absolute Gasteiger partial charge is 0.416 e. The van der Waals surface area contributed by atoms with E-state index in [2.05, 4.69) is 15.2 Å². The van der Waals surface area contributed by atoms with Crippen LogP contribution in [-0.4, -0.2) is 35.1 Å². The lowest BCUT2D eigenvalue weighted by Crippen LogP contribution is -2.18. The summed E-state index contributed by atoms with van der Waals surface area (Å²) >= 11 is 0. The fourth-order valence-electron chi connectivity index (χ4n) is 3.53. The number of pyridine rings is 1. The molecule has 7 nitrogen and oxygen atoms in total. The number of ketones is 1. The second kappa shape index (κ2) is 9.30. The van der Waals surface area contributed by atoms with Gasteiger partial charge in [0.25, 0.3) is 0 Å². The van der Waals surface area contributed by atoms with Crippen LogP contribution in [0.15, 0.2) is 48.7 Å². The van der Waals surface area contributed by atoms with Gasteiger partial charge in [0.05, 0.1) is 28.0 Å². The van der Waals surface area contributed by atoms with E-state index in [0.29, 0.717) is 11.1 Å². The lowest BCUT2D eigenvalue weighted by atomic mass is 10.0. The van der Waals surface area contributed by atoms with Gasteiger partial charge in [-0.15, -0.1) is 0 Å². The van der Waals surface area contributed by atoms with E-state index < -0.39 is 56.1 Å². The van der Waals surface area contributed by atoms with Crippen molar-refractivity contribution in [1.82, 2.24) is 15.2 Å². The van der Waals surface area contributed by atoms with Crippen molar-refractivity contribution < 1.29 is 35.2 Å². The summed E-state index contributed by atoms with van der Waals surface area (Å²) in [4.78, 5) is 17.2. The Labute approximate surface area is 201 Å². The SMILES string of the molecule is CCCS(=O)(=O)Nc1ccc(F)c(C(=O)c2n[nH]c3ncc(-c4ccc(C(F)(F)F)cc4)cc23)c1F. The summed E-state index contributed by atoms with van der Waals surface area (Å²) < 4.78 is 94.2.